The molecule has 0 radical (unpaired) electrons. The zero-order chi connectivity index (χ0) is 19.7. The van der Waals surface area contributed by atoms with Crippen LogP contribution in [0.4, 0.5) is 15.3 Å². The maximum absolute atomic E-state index is 12.1. The lowest BCUT2D eigenvalue weighted by atomic mass is 10.1. The molecule has 0 aromatic heterocycles. The molecule has 26 heavy (non-hydrogen) atoms. The summed E-state index contributed by atoms with van der Waals surface area (Å²) < 4.78 is 0. The van der Waals surface area contributed by atoms with Gasteiger partial charge in [0.2, 0.25) is 0 Å². The Hall–Kier alpha value is -2.84. The second kappa shape index (κ2) is 10.2. The second-order valence-corrected chi connectivity index (χ2v) is 6.14. The number of nitrogens with one attached hydrogen (secondary N) is 4. The van der Waals surface area contributed by atoms with Crippen molar-refractivity contribution in [1.29, 1.82) is 0 Å². The number of amides is 4. The van der Waals surface area contributed by atoms with E-state index in [1.54, 1.807) is 0 Å². The summed E-state index contributed by atoms with van der Waals surface area (Å²) in [4.78, 5) is 34.5. The van der Waals surface area contributed by atoms with E-state index in [1.165, 1.54) is 24.3 Å². The van der Waals surface area contributed by atoms with Crippen LogP contribution in [0.5, 0.6) is 0 Å². The normalized spacial score (nSPS) is 13.8. The Morgan fingerprint density at radius 1 is 0.923 bits per heavy atom. The fourth-order valence-corrected chi connectivity index (χ4v) is 1.99. The van der Waals surface area contributed by atoms with Crippen LogP contribution in [-0.4, -0.2) is 29.1 Å². The van der Waals surface area contributed by atoms with Crippen molar-refractivity contribution in [3.05, 3.63) is 39.9 Å². The van der Waals surface area contributed by atoms with Crippen LogP contribution >= 0.6 is 0 Å². The first-order chi connectivity index (χ1) is 12.3. The number of hydrogen-bond acceptors (Lipinski definition) is 4. The highest BCUT2D eigenvalue weighted by Gasteiger charge is 2.19. The van der Waals surface area contributed by atoms with Crippen LogP contribution in [0.15, 0.2) is 24.3 Å². The lowest BCUT2D eigenvalue weighted by Gasteiger charge is -2.23. The van der Waals surface area contributed by atoms with E-state index in [4.69, 9.17) is 0 Å². The molecule has 4 amide bonds. The number of nitrogens with zero attached hydrogens (tertiary/aromatic N) is 1. The number of urea groups is 2. The molecule has 1 aromatic carbocycles. The molecule has 0 aliphatic heterocycles. The summed E-state index contributed by atoms with van der Waals surface area (Å²) in [6.07, 6.45) is 0.693. The molecule has 0 fully saturated rings. The Balaban J connectivity index is 2.91. The fraction of sp³-hybridized carbons (Fsp3) is 0.529. The maximum atomic E-state index is 12.1. The number of carbonyl (C=O) groups excluding carboxylic acids is 2. The summed E-state index contributed by atoms with van der Waals surface area (Å²) in [7, 11) is 0. The molecule has 1 rings (SSSR count). The van der Waals surface area contributed by atoms with Crippen LogP contribution in [0.25, 0.3) is 0 Å². The van der Waals surface area contributed by atoms with Gasteiger partial charge < -0.3 is 21.3 Å². The Bertz CT molecular complexity index is 594. The van der Waals surface area contributed by atoms with E-state index in [0.717, 1.165) is 12.8 Å². The predicted molar refractivity (Wildman–Crippen MR) is 98.7 cm³/mol. The molecular weight excluding hydrogens is 338 g/mol. The monoisotopic (exact) mass is 365 g/mol. The first-order valence-electron chi connectivity index (χ1n) is 8.65. The zero-order valence-electron chi connectivity index (χ0n) is 15.5. The second-order valence-electron chi connectivity index (χ2n) is 6.14. The largest absolute Gasteiger partial charge is 0.336 e. The molecule has 0 bridgehead atoms. The highest BCUT2D eigenvalue weighted by molar-refractivity contribution is 5.78. The summed E-state index contributed by atoms with van der Waals surface area (Å²) in [6, 6.07) is 4.71. The topological polar surface area (TPSA) is 125 Å². The van der Waals surface area contributed by atoms with Crippen molar-refractivity contribution in [3.63, 3.8) is 0 Å². The number of non-ortho nitro benzene ring substituents is 1. The van der Waals surface area contributed by atoms with Gasteiger partial charge in [-0.3, -0.25) is 10.1 Å². The van der Waals surface area contributed by atoms with Gasteiger partial charge in [-0.15, -0.1) is 0 Å². The quantitative estimate of drug-likeness (QED) is 0.321. The third-order valence-electron chi connectivity index (χ3n) is 3.97. The highest BCUT2D eigenvalue weighted by atomic mass is 16.6. The molecule has 9 heteroatoms. The first-order valence-corrected chi connectivity index (χ1v) is 8.65. The highest BCUT2D eigenvalue weighted by Crippen LogP contribution is 2.16. The van der Waals surface area contributed by atoms with Crippen molar-refractivity contribution in [2.75, 3.05) is 0 Å². The molecule has 144 valence electrons. The molecule has 0 saturated carbocycles. The first kappa shape index (κ1) is 21.2. The lowest BCUT2D eigenvalue weighted by molar-refractivity contribution is -0.384. The summed E-state index contributed by atoms with van der Waals surface area (Å²) in [5.74, 6) is 0. The molecule has 0 aliphatic rings. The Kier molecular flexibility index (Phi) is 8.33. The van der Waals surface area contributed by atoms with Crippen LogP contribution in [0.3, 0.4) is 0 Å². The maximum Gasteiger partial charge on any atom is 0.316 e. The standard InChI is InChI=1S/C17H27N5O4/c1-5-11(3)18-16(23)20-15(21-17(24)19-12(4)6-2)13-7-9-14(10-8-13)22(25)26/h7-12,15H,5-6H2,1-4H3,(H2,18,20,23)(H2,19,21,24). The van der Waals surface area contributed by atoms with E-state index in [0.29, 0.717) is 5.56 Å². The SMILES string of the molecule is CCC(C)NC(=O)NC(NC(=O)NC(C)CC)c1ccc([N+](=O)[O-])cc1. The van der Waals surface area contributed by atoms with Crippen molar-refractivity contribution in [1.82, 2.24) is 21.3 Å². The number of nitro benzene ring substituents is 1. The van der Waals surface area contributed by atoms with Gasteiger partial charge in [0.25, 0.3) is 5.69 Å². The number of carbonyl (C=O) groups is 2. The van der Waals surface area contributed by atoms with Gasteiger partial charge in [0.1, 0.15) is 6.17 Å². The van der Waals surface area contributed by atoms with Gasteiger partial charge in [0.05, 0.1) is 4.92 Å². The lowest BCUT2D eigenvalue weighted by Crippen LogP contribution is -2.50. The molecule has 2 unspecified atom stereocenters. The van der Waals surface area contributed by atoms with E-state index in [1.807, 2.05) is 27.7 Å². The van der Waals surface area contributed by atoms with Gasteiger partial charge in [-0.05, 0) is 44.4 Å². The van der Waals surface area contributed by atoms with Crippen LogP contribution in [-0.2, 0) is 0 Å². The molecule has 0 spiro atoms. The van der Waals surface area contributed by atoms with E-state index >= 15 is 0 Å². The van der Waals surface area contributed by atoms with E-state index < -0.39 is 23.2 Å². The van der Waals surface area contributed by atoms with Crippen molar-refractivity contribution in [3.8, 4) is 0 Å². The smallest absolute Gasteiger partial charge is 0.316 e. The average Bonchev–Trinajstić information content (AvgIpc) is 2.60. The molecular formula is C17H27N5O4. The van der Waals surface area contributed by atoms with Crippen molar-refractivity contribution in [2.45, 2.75) is 58.8 Å². The minimum absolute atomic E-state index is 0.0264. The fourth-order valence-electron chi connectivity index (χ4n) is 1.99. The molecule has 9 nitrogen and oxygen atoms in total. The number of hydrogen-bond donors (Lipinski definition) is 4. The van der Waals surface area contributed by atoms with Crippen molar-refractivity contribution < 1.29 is 14.5 Å². The van der Waals surface area contributed by atoms with E-state index in [9.17, 15) is 19.7 Å². The van der Waals surface area contributed by atoms with Crippen LogP contribution in [0, 0.1) is 10.1 Å². The molecule has 4 N–H and O–H groups in total. The summed E-state index contributed by atoms with van der Waals surface area (Å²) in [6.45, 7) is 7.61. The molecule has 2 atom stereocenters. The Morgan fingerprint density at radius 3 is 1.69 bits per heavy atom. The zero-order valence-corrected chi connectivity index (χ0v) is 15.5. The number of rotatable bonds is 8. The Morgan fingerprint density at radius 2 is 1.35 bits per heavy atom. The van der Waals surface area contributed by atoms with Crippen molar-refractivity contribution in [2.24, 2.45) is 0 Å². The number of nitro groups is 1. The summed E-state index contributed by atoms with van der Waals surface area (Å²) in [5, 5.41) is 21.7. The van der Waals surface area contributed by atoms with Gasteiger partial charge in [-0.25, -0.2) is 9.59 Å². The summed E-state index contributed by atoms with van der Waals surface area (Å²) >= 11 is 0. The van der Waals surface area contributed by atoms with Crippen LogP contribution in [0.1, 0.15) is 52.3 Å². The molecule has 1 aromatic rings. The van der Waals surface area contributed by atoms with Gasteiger partial charge in [0, 0.05) is 24.2 Å². The van der Waals surface area contributed by atoms with Gasteiger partial charge in [0.15, 0.2) is 0 Å². The molecule has 0 saturated heterocycles. The predicted octanol–water partition coefficient (Wildman–Crippen LogP) is 2.79. The molecule has 0 heterocycles. The molecule has 0 aliphatic carbocycles. The minimum Gasteiger partial charge on any atom is -0.336 e. The van der Waals surface area contributed by atoms with Crippen LogP contribution in [0.2, 0.25) is 0 Å². The number of benzene rings is 1. The van der Waals surface area contributed by atoms with Crippen molar-refractivity contribution >= 4 is 17.7 Å². The minimum atomic E-state index is -0.830. The summed E-state index contributed by atoms with van der Waals surface area (Å²) in [5.41, 5.74) is 0.454. The Labute approximate surface area is 153 Å². The third-order valence-corrected chi connectivity index (χ3v) is 3.97. The van der Waals surface area contributed by atoms with Gasteiger partial charge >= 0.3 is 12.1 Å². The van der Waals surface area contributed by atoms with E-state index in [2.05, 4.69) is 21.3 Å². The van der Waals surface area contributed by atoms with Crippen LogP contribution < -0.4 is 21.3 Å². The third kappa shape index (κ3) is 6.96. The van der Waals surface area contributed by atoms with Gasteiger partial charge in [-0.1, -0.05) is 13.8 Å². The van der Waals surface area contributed by atoms with E-state index in [-0.39, 0.29) is 17.8 Å². The van der Waals surface area contributed by atoms with Gasteiger partial charge in [-0.2, -0.15) is 0 Å². The average molecular weight is 365 g/mol.